The van der Waals surface area contributed by atoms with Crippen molar-refractivity contribution in [3.63, 3.8) is 0 Å². The van der Waals surface area contributed by atoms with Gasteiger partial charge in [-0.1, -0.05) is 25.5 Å². The van der Waals surface area contributed by atoms with E-state index in [1.54, 1.807) is 0 Å². The molecule has 1 aliphatic rings. The summed E-state index contributed by atoms with van der Waals surface area (Å²) < 4.78 is 1.90. The van der Waals surface area contributed by atoms with Gasteiger partial charge in [-0.05, 0) is 31.6 Å². The lowest BCUT2D eigenvalue weighted by molar-refractivity contribution is 0.0994. The third-order valence-electron chi connectivity index (χ3n) is 3.73. The molecule has 0 radical (unpaired) electrons. The predicted octanol–water partition coefficient (Wildman–Crippen LogP) is 1.86. The van der Waals surface area contributed by atoms with E-state index in [9.17, 15) is 4.79 Å². The number of aromatic nitrogens is 3. The summed E-state index contributed by atoms with van der Waals surface area (Å²) in [5.74, 6) is 0.380. The zero-order chi connectivity index (χ0) is 12.6. The maximum absolute atomic E-state index is 11.3. The van der Waals surface area contributed by atoms with Crippen LogP contribution in [0.15, 0.2) is 0 Å². The number of carbonyl (C=O) groups excluding carboxylic acids is 1. The monoisotopic (exact) mass is 236 g/mol. The summed E-state index contributed by atoms with van der Waals surface area (Å²) in [7, 11) is 0. The van der Waals surface area contributed by atoms with Gasteiger partial charge in [-0.15, -0.1) is 5.10 Å². The summed E-state index contributed by atoms with van der Waals surface area (Å²) in [5.41, 5.74) is 6.53. The molecule has 0 aliphatic heterocycles. The van der Waals surface area contributed by atoms with Crippen molar-refractivity contribution in [3.05, 3.63) is 11.4 Å². The van der Waals surface area contributed by atoms with Crippen molar-refractivity contribution in [1.82, 2.24) is 15.0 Å². The fourth-order valence-corrected chi connectivity index (χ4v) is 2.44. The van der Waals surface area contributed by atoms with Gasteiger partial charge >= 0.3 is 0 Å². The second kappa shape index (κ2) is 4.47. The van der Waals surface area contributed by atoms with Crippen LogP contribution in [-0.4, -0.2) is 20.9 Å². The first-order chi connectivity index (χ1) is 8.02. The van der Waals surface area contributed by atoms with Gasteiger partial charge in [-0.3, -0.25) is 4.79 Å². The first kappa shape index (κ1) is 12.1. The Morgan fingerprint density at radius 2 is 2.06 bits per heavy atom. The van der Waals surface area contributed by atoms with Gasteiger partial charge < -0.3 is 5.73 Å². The van der Waals surface area contributed by atoms with Crippen molar-refractivity contribution in [1.29, 1.82) is 0 Å². The van der Waals surface area contributed by atoms with Gasteiger partial charge in [0.15, 0.2) is 5.69 Å². The van der Waals surface area contributed by atoms with Gasteiger partial charge in [0.1, 0.15) is 0 Å². The SMILES string of the molecule is CC(C)c1c(C(N)=O)nnn1C(C)C1CCC1. The minimum atomic E-state index is -0.485. The highest BCUT2D eigenvalue weighted by molar-refractivity contribution is 5.91. The van der Waals surface area contributed by atoms with Crippen molar-refractivity contribution in [2.45, 2.75) is 52.0 Å². The largest absolute Gasteiger partial charge is 0.364 e. The zero-order valence-corrected chi connectivity index (χ0v) is 10.7. The molecule has 1 atom stereocenters. The Morgan fingerprint density at radius 1 is 1.41 bits per heavy atom. The number of nitrogens with zero attached hydrogens (tertiary/aromatic N) is 3. The first-order valence-corrected chi connectivity index (χ1v) is 6.27. The van der Waals surface area contributed by atoms with E-state index in [0.29, 0.717) is 17.7 Å². The lowest BCUT2D eigenvalue weighted by atomic mass is 9.80. The molecule has 94 valence electrons. The molecular weight excluding hydrogens is 216 g/mol. The highest BCUT2D eigenvalue weighted by atomic mass is 16.1. The molecule has 2 N–H and O–H groups in total. The summed E-state index contributed by atoms with van der Waals surface area (Å²) in [6.45, 7) is 6.22. The molecule has 1 fully saturated rings. The second-order valence-corrected chi connectivity index (χ2v) is 5.22. The number of rotatable bonds is 4. The average Bonchev–Trinajstić information content (AvgIpc) is 2.58. The Morgan fingerprint density at radius 3 is 2.47 bits per heavy atom. The van der Waals surface area contributed by atoms with Crippen LogP contribution in [-0.2, 0) is 0 Å². The van der Waals surface area contributed by atoms with Crippen LogP contribution in [0.5, 0.6) is 0 Å². The third-order valence-corrected chi connectivity index (χ3v) is 3.73. The number of nitrogens with two attached hydrogens (primary N) is 1. The van der Waals surface area contributed by atoms with Crippen LogP contribution in [0.4, 0.5) is 0 Å². The van der Waals surface area contributed by atoms with Crippen molar-refractivity contribution in [2.75, 3.05) is 0 Å². The van der Waals surface area contributed by atoms with Gasteiger partial charge in [-0.25, -0.2) is 4.68 Å². The van der Waals surface area contributed by atoms with Crippen LogP contribution < -0.4 is 5.73 Å². The molecule has 0 spiro atoms. The van der Waals surface area contributed by atoms with Crippen LogP contribution in [0.2, 0.25) is 0 Å². The van der Waals surface area contributed by atoms with Gasteiger partial charge in [0.05, 0.1) is 11.7 Å². The highest BCUT2D eigenvalue weighted by Crippen LogP contribution is 2.37. The topological polar surface area (TPSA) is 73.8 Å². The third kappa shape index (κ3) is 2.06. The molecule has 2 rings (SSSR count). The summed E-state index contributed by atoms with van der Waals surface area (Å²) in [4.78, 5) is 11.3. The highest BCUT2D eigenvalue weighted by Gasteiger charge is 2.30. The molecule has 17 heavy (non-hydrogen) atoms. The number of amides is 1. The van der Waals surface area contributed by atoms with Gasteiger partial charge in [-0.2, -0.15) is 0 Å². The summed E-state index contributed by atoms with van der Waals surface area (Å²) >= 11 is 0. The molecule has 1 unspecified atom stereocenters. The van der Waals surface area contributed by atoms with Gasteiger partial charge in [0.2, 0.25) is 0 Å². The zero-order valence-electron chi connectivity index (χ0n) is 10.7. The van der Waals surface area contributed by atoms with Crippen LogP contribution >= 0.6 is 0 Å². The molecule has 5 heteroatoms. The maximum Gasteiger partial charge on any atom is 0.271 e. The molecule has 1 aromatic rings. The lowest BCUT2D eigenvalue weighted by Gasteiger charge is -2.32. The summed E-state index contributed by atoms with van der Waals surface area (Å²) in [6, 6.07) is 0.307. The van der Waals surface area contributed by atoms with E-state index in [1.807, 2.05) is 18.5 Å². The number of primary amides is 1. The van der Waals surface area contributed by atoms with E-state index in [-0.39, 0.29) is 5.92 Å². The van der Waals surface area contributed by atoms with Crippen molar-refractivity contribution in [2.24, 2.45) is 11.7 Å². The van der Waals surface area contributed by atoms with E-state index < -0.39 is 5.91 Å². The predicted molar refractivity (Wildman–Crippen MR) is 64.7 cm³/mol. The standard InChI is InChI=1S/C12H20N4O/c1-7(2)11-10(12(13)17)14-15-16(11)8(3)9-5-4-6-9/h7-9H,4-6H2,1-3H3,(H2,13,17). The van der Waals surface area contributed by atoms with E-state index in [2.05, 4.69) is 17.2 Å². The Hall–Kier alpha value is -1.39. The minimum Gasteiger partial charge on any atom is -0.364 e. The molecule has 1 aromatic heterocycles. The Labute approximate surface area is 101 Å². The average molecular weight is 236 g/mol. The maximum atomic E-state index is 11.3. The smallest absolute Gasteiger partial charge is 0.271 e. The molecule has 1 aliphatic carbocycles. The second-order valence-electron chi connectivity index (χ2n) is 5.22. The molecule has 0 saturated heterocycles. The van der Waals surface area contributed by atoms with E-state index in [0.717, 1.165) is 5.69 Å². The Kier molecular flexibility index (Phi) is 3.17. The quantitative estimate of drug-likeness (QED) is 0.867. The van der Waals surface area contributed by atoms with Crippen LogP contribution in [0.25, 0.3) is 0 Å². The van der Waals surface area contributed by atoms with Crippen LogP contribution in [0.3, 0.4) is 0 Å². The van der Waals surface area contributed by atoms with Crippen molar-refractivity contribution in [3.8, 4) is 0 Å². The molecule has 0 bridgehead atoms. The Balaban J connectivity index is 2.35. The van der Waals surface area contributed by atoms with E-state index in [4.69, 9.17) is 5.73 Å². The number of carbonyl (C=O) groups is 1. The normalized spacial score (nSPS) is 18.1. The number of hydrogen-bond donors (Lipinski definition) is 1. The molecule has 1 amide bonds. The summed E-state index contributed by atoms with van der Waals surface area (Å²) in [5, 5.41) is 8.06. The van der Waals surface area contributed by atoms with E-state index >= 15 is 0 Å². The molecule has 5 nitrogen and oxygen atoms in total. The van der Waals surface area contributed by atoms with Gasteiger partial charge in [0.25, 0.3) is 5.91 Å². The molecule has 0 aromatic carbocycles. The molecular formula is C12H20N4O. The molecule has 1 heterocycles. The van der Waals surface area contributed by atoms with Gasteiger partial charge in [0, 0.05) is 0 Å². The minimum absolute atomic E-state index is 0.204. The van der Waals surface area contributed by atoms with Crippen LogP contribution in [0.1, 0.15) is 68.2 Å². The Bertz CT molecular complexity index is 420. The lowest BCUT2D eigenvalue weighted by Crippen LogP contribution is -2.26. The van der Waals surface area contributed by atoms with Crippen molar-refractivity contribution >= 4 is 5.91 Å². The van der Waals surface area contributed by atoms with E-state index in [1.165, 1.54) is 19.3 Å². The summed E-state index contributed by atoms with van der Waals surface area (Å²) in [6.07, 6.45) is 3.78. The number of hydrogen-bond acceptors (Lipinski definition) is 3. The fourth-order valence-electron chi connectivity index (χ4n) is 2.44. The first-order valence-electron chi connectivity index (χ1n) is 6.27. The van der Waals surface area contributed by atoms with Crippen LogP contribution in [0, 0.1) is 5.92 Å². The van der Waals surface area contributed by atoms with Crippen molar-refractivity contribution < 1.29 is 4.79 Å². The molecule has 1 saturated carbocycles. The fraction of sp³-hybridized carbons (Fsp3) is 0.750.